The molecule has 0 unspecified atom stereocenters. The maximum atomic E-state index is 13.7. The van der Waals surface area contributed by atoms with Crippen LogP contribution in [-0.4, -0.2) is 16.7 Å². The SMILES string of the molecule is C.C[N+](S)=C1C=CC(=C(c2ccc(N)cc2)c2cccc(F)c2)C=C1. The van der Waals surface area contributed by atoms with Crippen molar-refractivity contribution in [2.24, 2.45) is 0 Å². The Morgan fingerprint density at radius 1 is 0.960 bits per heavy atom. The van der Waals surface area contributed by atoms with Gasteiger partial charge in [-0.2, -0.15) is 3.98 Å². The van der Waals surface area contributed by atoms with Gasteiger partial charge in [-0.3, -0.25) is 0 Å². The molecule has 0 saturated carbocycles. The first kappa shape index (κ1) is 18.7. The van der Waals surface area contributed by atoms with Crippen molar-refractivity contribution in [3.63, 3.8) is 0 Å². The monoisotopic (exact) mass is 353 g/mol. The van der Waals surface area contributed by atoms with Gasteiger partial charge < -0.3 is 5.73 Å². The average Bonchev–Trinajstić information content (AvgIpc) is 2.57. The molecule has 0 fully saturated rings. The van der Waals surface area contributed by atoms with E-state index in [1.807, 2.05) is 61.7 Å². The molecule has 0 spiro atoms. The smallest absolute Gasteiger partial charge is 0.212 e. The number of nitrogen functional groups attached to an aromatic ring is 1. The summed E-state index contributed by atoms with van der Waals surface area (Å²) in [5.41, 5.74) is 11.3. The summed E-state index contributed by atoms with van der Waals surface area (Å²) in [7, 11) is 1.87. The van der Waals surface area contributed by atoms with Crippen LogP contribution in [0.5, 0.6) is 0 Å². The molecule has 2 aromatic carbocycles. The quantitative estimate of drug-likeness (QED) is 0.449. The minimum Gasteiger partial charge on any atom is -0.399 e. The number of thiol groups is 1. The number of hydrogen-bond donors (Lipinski definition) is 2. The van der Waals surface area contributed by atoms with E-state index in [1.54, 1.807) is 16.1 Å². The lowest BCUT2D eigenvalue weighted by molar-refractivity contribution is -0.299. The minimum atomic E-state index is -0.257. The van der Waals surface area contributed by atoms with E-state index >= 15 is 0 Å². The summed E-state index contributed by atoms with van der Waals surface area (Å²) in [6, 6.07) is 14.2. The summed E-state index contributed by atoms with van der Waals surface area (Å²) in [5.74, 6) is -0.257. The predicted octanol–water partition coefficient (Wildman–Crippen LogP) is 4.90. The van der Waals surface area contributed by atoms with E-state index in [4.69, 9.17) is 5.73 Å². The first-order valence-corrected chi connectivity index (χ1v) is 7.96. The highest BCUT2D eigenvalue weighted by molar-refractivity contribution is 7.73. The molecule has 1 aliphatic rings. The second-order valence-electron chi connectivity index (χ2n) is 5.58. The zero-order valence-electron chi connectivity index (χ0n) is 13.3. The van der Waals surface area contributed by atoms with Gasteiger partial charge in [0.1, 0.15) is 25.7 Å². The molecule has 0 heterocycles. The molecule has 25 heavy (non-hydrogen) atoms. The van der Waals surface area contributed by atoms with Gasteiger partial charge in [0.2, 0.25) is 5.71 Å². The zero-order valence-corrected chi connectivity index (χ0v) is 14.2. The Balaban J connectivity index is 0.00000225. The summed E-state index contributed by atoms with van der Waals surface area (Å²) in [4.78, 5) is 0. The Labute approximate surface area is 154 Å². The fraction of sp³-hybridized carbons (Fsp3) is 0.0952. The van der Waals surface area contributed by atoms with Crippen LogP contribution in [0.25, 0.3) is 5.57 Å². The molecular weight excluding hydrogens is 331 g/mol. The molecule has 1 aliphatic carbocycles. The lowest BCUT2D eigenvalue weighted by Crippen LogP contribution is -2.06. The van der Waals surface area contributed by atoms with Crippen LogP contribution in [0.1, 0.15) is 18.6 Å². The Hall–Kier alpha value is -2.59. The van der Waals surface area contributed by atoms with Crippen molar-refractivity contribution in [3.8, 4) is 0 Å². The lowest BCUT2D eigenvalue weighted by atomic mass is 9.90. The zero-order chi connectivity index (χ0) is 17.1. The van der Waals surface area contributed by atoms with Crippen molar-refractivity contribution < 1.29 is 8.37 Å². The van der Waals surface area contributed by atoms with E-state index in [0.717, 1.165) is 28.0 Å². The van der Waals surface area contributed by atoms with Crippen LogP contribution >= 0.6 is 12.8 Å². The van der Waals surface area contributed by atoms with E-state index in [1.165, 1.54) is 6.07 Å². The normalized spacial score (nSPS) is 12.8. The number of allylic oxidation sites excluding steroid dienone is 5. The van der Waals surface area contributed by atoms with Crippen LogP contribution in [0.15, 0.2) is 78.4 Å². The molecule has 0 atom stereocenters. The van der Waals surface area contributed by atoms with E-state index in [0.29, 0.717) is 5.69 Å². The second-order valence-corrected chi connectivity index (χ2v) is 6.18. The summed E-state index contributed by atoms with van der Waals surface area (Å²) in [5, 5.41) is 0. The molecule has 4 heteroatoms. The third-order valence-electron chi connectivity index (χ3n) is 3.84. The Morgan fingerprint density at radius 2 is 1.60 bits per heavy atom. The van der Waals surface area contributed by atoms with Crippen molar-refractivity contribution in [2.45, 2.75) is 7.43 Å². The average molecular weight is 353 g/mol. The Morgan fingerprint density at radius 3 is 2.16 bits per heavy atom. The number of hydrogen-bond acceptors (Lipinski definition) is 2. The third kappa shape index (κ3) is 4.28. The molecule has 2 aromatic rings. The topological polar surface area (TPSA) is 29.0 Å². The second kappa shape index (κ2) is 7.99. The van der Waals surface area contributed by atoms with Gasteiger partial charge in [0, 0.05) is 17.8 Å². The fourth-order valence-electron chi connectivity index (χ4n) is 2.64. The molecule has 3 rings (SSSR count). The Kier molecular flexibility index (Phi) is 5.99. The van der Waals surface area contributed by atoms with E-state index in [9.17, 15) is 4.39 Å². The highest BCUT2D eigenvalue weighted by atomic mass is 32.1. The van der Waals surface area contributed by atoms with Crippen molar-refractivity contribution in [1.82, 2.24) is 0 Å². The summed E-state index contributed by atoms with van der Waals surface area (Å²) >= 11 is 4.30. The summed E-state index contributed by atoms with van der Waals surface area (Å²) in [6.07, 6.45) is 8.00. The van der Waals surface area contributed by atoms with Gasteiger partial charge in [0.15, 0.2) is 0 Å². The maximum Gasteiger partial charge on any atom is 0.212 e. The van der Waals surface area contributed by atoms with Crippen LogP contribution in [0.2, 0.25) is 0 Å². The number of halogens is 1. The highest BCUT2D eigenvalue weighted by Gasteiger charge is 2.13. The van der Waals surface area contributed by atoms with Gasteiger partial charge in [0.05, 0.1) is 0 Å². The largest absolute Gasteiger partial charge is 0.399 e. The first-order chi connectivity index (χ1) is 11.5. The van der Waals surface area contributed by atoms with E-state index in [-0.39, 0.29) is 13.2 Å². The number of benzene rings is 2. The van der Waals surface area contributed by atoms with Gasteiger partial charge >= 0.3 is 0 Å². The molecule has 0 bridgehead atoms. The number of nitrogens with two attached hydrogens (primary N) is 1. The molecular formula is C21H22FN2S+. The van der Waals surface area contributed by atoms with Gasteiger partial charge in [-0.05, 0) is 58.7 Å². The van der Waals surface area contributed by atoms with Gasteiger partial charge in [0.25, 0.3) is 0 Å². The lowest BCUT2D eigenvalue weighted by Gasteiger charge is -2.14. The Bertz CT molecular complexity index is 868. The summed E-state index contributed by atoms with van der Waals surface area (Å²) in [6.45, 7) is 0. The van der Waals surface area contributed by atoms with Crippen LogP contribution in [-0.2, 0) is 0 Å². The van der Waals surface area contributed by atoms with Crippen molar-refractivity contribution >= 4 is 29.8 Å². The van der Waals surface area contributed by atoms with Crippen molar-refractivity contribution in [3.05, 3.63) is 95.4 Å². The molecule has 0 radical (unpaired) electrons. The van der Waals surface area contributed by atoms with E-state index in [2.05, 4.69) is 12.8 Å². The van der Waals surface area contributed by atoms with Crippen LogP contribution in [0, 0.1) is 5.82 Å². The van der Waals surface area contributed by atoms with Crippen molar-refractivity contribution in [2.75, 3.05) is 12.8 Å². The van der Waals surface area contributed by atoms with E-state index < -0.39 is 0 Å². The van der Waals surface area contributed by atoms with Crippen LogP contribution < -0.4 is 5.73 Å². The number of rotatable bonds is 2. The standard InChI is InChI=1S/C20H17FN2S.CH4/c1-23(24)19-11-7-15(8-12-19)20(14-5-9-18(22)10-6-14)16-3-2-4-17(21)13-16;/h2-13,22,24H,1H3;1H4/p+1. The molecule has 0 saturated heterocycles. The maximum absolute atomic E-state index is 13.7. The van der Waals surface area contributed by atoms with Gasteiger partial charge in [-0.1, -0.05) is 31.7 Å². The molecule has 0 aromatic heterocycles. The van der Waals surface area contributed by atoms with Gasteiger partial charge in [-0.25, -0.2) is 4.39 Å². The first-order valence-electron chi connectivity index (χ1n) is 7.56. The molecule has 2 N–H and O–H groups in total. The fourth-order valence-corrected chi connectivity index (χ4v) is 2.77. The van der Waals surface area contributed by atoms with Gasteiger partial charge in [-0.15, -0.1) is 0 Å². The molecule has 128 valence electrons. The molecule has 0 amide bonds. The van der Waals surface area contributed by atoms with Crippen LogP contribution in [0.4, 0.5) is 10.1 Å². The third-order valence-corrected chi connectivity index (χ3v) is 4.07. The van der Waals surface area contributed by atoms with Crippen LogP contribution in [0.3, 0.4) is 0 Å². The number of anilines is 1. The highest BCUT2D eigenvalue weighted by Crippen LogP contribution is 2.30. The predicted molar refractivity (Wildman–Crippen MR) is 108 cm³/mol. The molecule has 2 nitrogen and oxygen atoms in total. The minimum absolute atomic E-state index is 0. The van der Waals surface area contributed by atoms with Crippen molar-refractivity contribution in [1.29, 1.82) is 0 Å². The number of nitrogens with zero attached hydrogens (tertiary/aromatic N) is 1. The molecule has 0 aliphatic heterocycles. The summed E-state index contributed by atoms with van der Waals surface area (Å²) < 4.78 is 15.5.